The van der Waals surface area contributed by atoms with E-state index in [1.54, 1.807) is 7.11 Å². The van der Waals surface area contributed by atoms with Gasteiger partial charge >= 0.3 is 0 Å². The molecule has 0 fully saturated rings. The highest BCUT2D eigenvalue weighted by atomic mass is 16.5. The molecule has 0 bridgehead atoms. The largest absolute Gasteiger partial charge is 0.497 e. The zero-order valence-electron chi connectivity index (χ0n) is 12.6. The number of hydrogen-bond donors (Lipinski definition) is 1. The quantitative estimate of drug-likeness (QED) is 0.938. The number of pyridine rings is 1. The van der Waals surface area contributed by atoms with Gasteiger partial charge in [0.25, 0.3) is 0 Å². The molecule has 1 aromatic carbocycles. The lowest BCUT2D eigenvalue weighted by Gasteiger charge is -2.24. The molecule has 1 atom stereocenters. The van der Waals surface area contributed by atoms with Gasteiger partial charge in [0.1, 0.15) is 5.75 Å². The summed E-state index contributed by atoms with van der Waals surface area (Å²) in [6.45, 7) is 2.11. The Labute approximate surface area is 125 Å². The molecule has 1 N–H and O–H groups in total. The Bertz CT molecular complexity index is 636. The molecule has 0 radical (unpaired) electrons. The Morgan fingerprint density at radius 2 is 2.14 bits per heavy atom. The second-order valence-corrected chi connectivity index (χ2v) is 5.74. The first kappa shape index (κ1) is 14.1. The summed E-state index contributed by atoms with van der Waals surface area (Å²) in [5, 5.41) is 11.0. The van der Waals surface area contributed by atoms with Crippen molar-refractivity contribution in [3.8, 4) is 5.75 Å². The average molecular weight is 283 g/mol. The normalized spacial score (nSPS) is 20.3. The average Bonchev–Trinajstić information content (AvgIpc) is 2.84. The Morgan fingerprint density at radius 3 is 2.81 bits per heavy atom. The fraction of sp³-hybridized carbons (Fsp3) is 0.389. The molecule has 0 spiro atoms. The molecule has 3 heteroatoms. The zero-order chi connectivity index (χ0) is 14.9. The molecule has 21 heavy (non-hydrogen) atoms. The van der Waals surface area contributed by atoms with E-state index in [1.165, 1.54) is 11.1 Å². The molecule has 2 aromatic rings. The number of aliphatic hydroxyl groups is 1. The molecule has 1 heterocycles. The molecule has 1 unspecified atom stereocenters. The highest BCUT2D eigenvalue weighted by Gasteiger charge is 2.37. The lowest BCUT2D eigenvalue weighted by Crippen LogP contribution is -2.26. The van der Waals surface area contributed by atoms with Crippen molar-refractivity contribution in [2.45, 2.75) is 38.2 Å². The van der Waals surface area contributed by atoms with E-state index in [4.69, 9.17) is 4.74 Å². The summed E-state index contributed by atoms with van der Waals surface area (Å²) in [6.07, 6.45) is 5.09. The Kier molecular flexibility index (Phi) is 3.68. The predicted molar refractivity (Wildman–Crippen MR) is 82.5 cm³/mol. The molecular weight excluding hydrogens is 262 g/mol. The number of benzene rings is 1. The van der Waals surface area contributed by atoms with Crippen LogP contribution in [0.1, 0.15) is 35.7 Å². The summed E-state index contributed by atoms with van der Waals surface area (Å²) < 4.78 is 5.29. The van der Waals surface area contributed by atoms with E-state index < -0.39 is 5.60 Å². The SMILES string of the molecule is CCc1ccc(CC2(O)CCc3ccc(OC)cc32)nc1. The first-order valence-corrected chi connectivity index (χ1v) is 7.48. The molecule has 0 saturated heterocycles. The number of hydrogen-bond acceptors (Lipinski definition) is 3. The maximum atomic E-state index is 11.0. The number of methoxy groups -OCH3 is 1. The maximum absolute atomic E-state index is 11.0. The van der Waals surface area contributed by atoms with Crippen LogP contribution in [0.4, 0.5) is 0 Å². The third kappa shape index (κ3) is 2.66. The molecule has 110 valence electrons. The van der Waals surface area contributed by atoms with E-state index in [9.17, 15) is 5.11 Å². The molecule has 3 rings (SSSR count). The first-order chi connectivity index (χ1) is 10.1. The van der Waals surface area contributed by atoms with Gasteiger partial charge in [-0.2, -0.15) is 0 Å². The zero-order valence-corrected chi connectivity index (χ0v) is 12.6. The standard InChI is InChI=1S/C18H21NO2/c1-3-13-4-6-15(19-12-13)11-18(20)9-8-14-5-7-16(21-2)10-17(14)18/h4-7,10,12,20H,3,8-9,11H2,1-2H3. The van der Waals surface area contributed by atoms with Gasteiger partial charge in [0, 0.05) is 18.3 Å². The number of rotatable bonds is 4. The van der Waals surface area contributed by atoms with Crippen LogP contribution in [0.25, 0.3) is 0 Å². The van der Waals surface area contributed by atoms with Crippen molar-refractivity contribution in [2.24, 2.45) is 0 Å². The number of ether oxygens (including phenoxy) is 1. The first-order valence-electron chi connectivity index (χ1n) is 7.48. The number of nitrogens with zero attached hydrogens (tertiary/aromatic N) is 1. The minimum atomic E-state index is -0.829. The highest BCUT2D eigenvalue weighted by Crippen LogP contribution is 2.40. The lowest BCUT2D eigenvalue weighted by molar-refractivity contribution is 0.0378. The van der Waals surface area contributed by atoms with Gasteiger partial charge in [-0.3, -0.25) is 4.98 Å². The molecule has 0 aliphatic heterocycles. The van der Waals surface area contributed by atoms with Crippen LogP contribution in [0.15, 0.2) is 36.5 Å². The van der Waals surface area contributed by atoms with Crippen molar-refractivity contribution >= 4 is 0 Å². The van der Waals surface area contributed by atoms with Gasteiger partial charge in [-0.05, 0) is 54.2 Å². The van der Waals surface area contributed by atoms with Gasteiger partial charge in [-0.15, -0.1) is 0 Å². The monoisotopic (exact) mass is 283 g/mol. The van der Waals surface area contributed by atoms with Crippen LogP contribution in [0.2, 0.25) is 0 Å². The second kappa shape index (κ2) is 5.49. The summed E-state index contributed by atoms with van der Waals surface area (Å²) in [5.41, 5.74) is 3.53. The van der Waals surface area contributed by atoms with Crippen molar-refractivity contribution < 1.29 is 9.84 Å². The van der Waals surface area contributed by atoms with E-state index in [-0.39, 0.29) is 0 Å². The summed E-state index contributed by atoms with van der Waals surface area (Å²) >= 11 is 0. The van der Waals surface area contributed by atoms with Gasteiger partial charge in [0.15, 0.2) is 0 Å². The second-order valence-electron chi connectivity index (χ2n) is 5.74. The Morgan fingerprint density at radius 1 is 1.29 bits per heavy atom. The van der Waals surface area contributed by atoms with Crippen molar-refractivity contribution in [3.05, 3.63) is 58.9 Å². The van der Waals surface area contributed by atoms with Crippen LogP contribution in [0.5, 0.6) is 5.75 Å². The molecule has 1 aromatic heterocycles. The van der Waals surface area contributed by atoms with E-state index in [1.807, 2.05) is 24.4 Å². The topological polar surface area (TPSA) is 42.4 Å². The molecule has 0 saturated carbocycles. The highest BCUT2D eigenvalue weighted by molar-refractivity contribution is 5.43. The van der Waals surface area contributed by atoms with E-state index in [2.05, 4.69) is 24.0 Å². The van der Waals surface area contributed by atoms with Crippen LogP contribution in [0.3, 0.4) is 0 Å². The van der Waals surface area contributed by atoms with Gasteiger partial charge in [0.2, 0.25) is 0 Å². The van der Waals surface area contributed by atoms with Crippen molar-refractivity contribution in [1.82, 2.24) is 4.98 Å². The summed E-state index contributed by atoms with van der Waals surface area (Å²) in [6, 6.07) is 10.1. The van der Waals surface area contributed by atoms with Crippen molar-refractivity contribution in [2.75, 3.05) is 7.11 Å². The number of fused-ring (bicyclic) bond motifs is 1. The Balaban J connectivity index is 1.89. The third-order valence-electron chi connectivity index (χ3n) is 4.39. The summed E-state index contributed by atoms with van der Waals surface area (Å²) in [4.78, 5) is 4.48. The molecular formula is C18H21NO2. The molecule has 3 nitrogen and oxygen atoms in total. The van der Waals surface area contributed by atoms with Crippen molar-refractivity contribution in [3.63, 3.8) is 0 Å². The van der Waals surface area contributed by atoms with Gasteiger partial charge < -0.3 is 9.84 Å². The minimum Gasteiger partial charge on any atom is -0.497 e. The van der Waals surface area contributed by atoms with Crippen LogP contribution in [-0.2, 0) is 24.9 Å². The van der Waals surface area contributed by atoms with E-state index in [0.29, 0.717) is 6.42 Å². The van der Waals surface area contributed by atoms with Gasteiger partial charge in [0.05, 0.1) is 12.7 Å². The third-order valence-corrected chi connectivity index (χ3v) is 4.39. The van der Waals surface area contributed by atoms with Crippen LogP contribution in [0, 0.1) is 0 Å². The fourth-order valence-electron chi connectivity index (χ4n) is 3.06. The maximum Gasteiger partial charge on any atom is 0.119 e. The smallest absolute Gasteiger partial charge is 0.119 e. The van der Waals surface area contributed by atoms with Crippen LogP contribution < -0.4 is 4.74 Å². The van der Waals surface area contributed by atoms with E-state index >= 15 is 0 Å². The molecule has 1 aliphatic carbocycles. The van der Waals surface area contributed by atoms with Crippen LogP contribution in [-0.4, -0.2) is 17.2 Å². The Hall–Kier alpha value is -1.87. The minimum absolute atomic E-state index is 0.553. The number of aryl methyl sites for hydroxylation is 2. The predicted octanol–water partition coefficient (Wildman–Crippen LogP) is 3.03. The number of aromatic nitrogens is 1. The summed E-state index contributed by atoms with van der Waals surface area (Å²) in [7, 11) is 1.65. The molecule has 0 amide bonds. The van der Waals surface area contributed by atoms with E-state index in [0.717, 1.165) is 36.3 Å². The lowest BCUT2D eigenvalue weighted by atomic mass is 9.90. The van der Waals surface area contributed by atoms with Gasteiger partial charge in [-0.25, -0.2) is 0 Å². The summed E-state index contributed by atoms with van der Waals surface area (Å²) in [5.74, 6) is 0.795. The van der Waals surface area contributed by atoms with Crippen molar-refractivity contribution in [1.29, 1.82) is 0 Å². The van der Waals surface area contributed by atoms with Gasteiger partial charge in [-0.1, -0.05) is 19.1 Å². The van der Waals surface area contributed by atoms with Crippen LogP contribution >= 0.6 is 0 Å². The fourth-order valence-corrected chi connectivity index (χ4v) is 3.06. The molecule has 1 aliphatic rings.